The quantitative estimate of drug-likeness (QED) is 0.843. The van der Waals surface area contributed by atoms with Gasteiger partial charge in [-0.25, -0.2) is 9.78 Å². The molecule has 2 N–H and O–H groups in total. The molecule has 0 spiro atoms. The van der Waals surface area contributed by atoms with Crippen LogP contribution in [0.4, 0.5) is 5.82 Å². The summed E-state index contributed by atoms with van der Waals surface area (Å²) in [6, 6.07) is 6.59. The monoisotopic (exact) mass is 286 g/mol. The van der Waals surface area contributed by atoms with Crippen molar-refractivity contribution in [3.63, 3.8) is 0 Å². The van der Waals surface area contributed by atoms with Crippen molar-refractivity contribution >= 4 is 23.8 Å². The summed E-state index contributed by atoms with van der Waals surface area (Å²) in [4.78, 5) is 26.7. The van der Waals surface area contributed by atoms with Gasteiger partial charge in [0.15, 0.2) is 0 Å². The van der Waals surface area contributed by atoms with E-state index in [2.05, 4.69) is 10.3 Å². The van der Waals surface area contributed by atoms with Crippen LogP contribution in [0.5, 0.6) is 0 Å². The van der Waals surface area contributed by atoms with Crippen LogP contribution in [0.1, 0.15) is 27.6 Å². The topological polar surface area (TPSA) is 92.4 Å². The van der Waals surface area contributed by atoms with Crippen LogP contribution in [0, 0.1) is 13.8 Å². The normalized spacial score (nSPS) is 10.8. The highest BCUT2D eigenvalue weighted by Crippen LogP contribution is 2.15. The molecule has 0 aliphatic heterocycles. The lowest BCUT2D eigenvalue weighted by molar-refractivity contribution is -0.131. The van der Waals surface area contributed by atoms with Crippen molar-refractivity contribution in [3.8, 4) is 0 Å². The number of amides is 1. The van der Waals surface area contributed by atoms with E-state index in [1.54, 1.807) is 38.1 Å². The van der Waals surface area contributed by atoms with Gasteiger partial charge >= 0.3 is 5.97 Å². The van der Waals surface area contributed by atoms with Gasteiger partial charge in [-0.15, -0.1) is 0 Å². The van der Waals surface area contributed by atoms with Gasteiger partial charge in [-0.1, -0.05) is 6.07 Å². The summed E-state index contributed by atoms with van der Waals surface area (Å²) in [6.07, 6.45) is 2.34. The van der Waals surface area contributed by atoms with Gasteiger partial charge in [0, 0.05) is 6.08 Å². The van der Waals surface area contributed by atoms with Crippen molar-refractivity contribution in [2.45, 2.75) is 13.8 Å². The summed E-state index contributed by atoms with van der Waals surface area (Å²) in [5.74, 6) is 0.147. The third-order valence-corrected chi connectivity index (χ3v) is 2.69. The maximum Gasteiger partial charge on any atom is 0.328 e. The first-order valence-electron chi connectivity index (χ1n) is 6.22. The van der Waals surface area contributed by atoms with E-state index in [1.165, 1.54) is 6.08 Å². The molecule has 2 aromatic rings. The Balaban J connectivity index is 2.16. The molecule has 2 rings (SSSR count). The van der Waals surface area contributed by atoms with Crippen LogP contribution < -0.4 is 5.32 Å². The van der Waals surface area contributed by atoms with Gasteiger partial charge in [0.1, 0.15) is 17.3 Å². The number of rotatable bonds is 4. The number of pyridine rings is 1. The number of aliphatic carboxylic acids is 1. The number of carbonyl (C=O) groups is 2. The second kappa shape index (κ2) is 6.04. The fraction of sp³-hybridized carbons (Fsp3) is 0.133. The van der Waals surface area contributed by atoms with Crippen LogP contribution in [0.15, 0.2) is 34.8 Å². The van der Waals surface area contributed by atoms with Gasteiger partial charge in [-0.05, 0) is 38.1 Å². The average Bonchev–Trinajstić information content (AvgIpc) is 2.76. The number of carbonyl (C=O) groups excluding carboxylic acids is 1. The average molecular weight is 286 g/mol. The van der Waals surface area contributed by atoms with E-state index in [9.17, 15) is 9.59 Å². The first kappa shape index (κ1) is 14.5. The van der Waals surface area contributed by atoms with E-state index in [-0.39, 0.29) is 5.91 Å². The van der Waals surface area contributed by atoms with Gasteiger partial charge < -0.3 is 14.8 Å². The lowest BCUT2D eigenvalue weighted by atomic mass is 10.2. The molecule has 108 valence electrons. The standard InChI is InChI=1S/C15H14N2O4/c1-9-8-12(10(2)21-9)15(20)17-13-5-3-4-11(16-13)6-7-14(18)19/h3-8H,1-2H3,(H,18,19)(H,16,17,20). The Morgan fingerprint density at radius 2 is 2.10 bits per heavy atom. The second-order valence-electron chi connectivity index (χ2n) is 4.40. The predicted molar refractivity (Wildman–Crippen MR) is 77.0 cm³/mol. The summed E-state index contributed by atoms with van der Waals surface area (Å²) in [5.41, 5.74) is 0.885. The summed E-state index contributed by atoms with van der Waals surface area (Å²) in [7, 11) is 0. The van der Waals surface area contributed by atoms with E-state index < -0.39 is 5.97 Å². The molecule has 0 aromatic carbocycles. The zero-order valence-electron chi connectivity index (χ0n) is 11.6. The minimum atomic E-state index is -1.06. The molecular weight excluding hydrogens is 272 g/mol. The number of anilines is 1. The fourth-order valence-corrected chi connectivity index (χ4v) is 1.81. The van der Waals surface area contributed by atoms with E-state index in [1.807, 2.05) is 0 Å². The van der Waals surface area contributed by atoms with Gasteiger partial charge in [0.25, 0.3) is 5.91 Å². The molecule has 0 bridgehead atoms. The number of carboxylic acids is 1. The highest BCUT2D eigenvalue weighted by Gasteiger charge is 2.14. The third kappa shape index (κ3) is 3.79. The van der Waals surface area contributed by atoms with Crippen LogP contribution in [0.2, 0.25) is 0 Å². The minimum absolute atomic E-state index is 0.323. The van der Waals surface area contributed by atoms with Crippen molar-refractivity contribution in [1.82, 2.24) is 4.98 Å². The SMILES string of the molecule is Cc1cc(C(=O)Nc2cccc(C=CC(=O)O)n2)c(C)o1. The smallest absolute Gasteiger partial charge is 0.328 e. The minimum Gasteiger partial charge on any atom is -0.478 e. The number of carboxylic acid groups (broad SMARTS) is 1. The largest absolute Gasteiger partial charge is 0.478 e. The number of aromatic nitrogens is 1. The number of aryl methyl sites for hydroxylation is 2. The molecule has 0 aliphatic rings. The molecule has 6 nitrogen and oxygen atoms in total. The molecule has 1 amide bonds. The molecule has 0 saturated carbocycles. The summed E-state index contributed by atoms with van der Waals surface area (Å²) in [5, 5.41) is 11.2. The number of nitrogens with one attached hydrogen (secondary N) is 1. The van der Waals surface area contributed by atoms with Gasteiger partial charge in [0.2, 0.25) is 0 Å². The zero-order valence-corrected chi connectivity index (χ0v) is 11.6. The van der Waals surface area contributed by atoms with Crippen LogP contribution in [-0.4, -0.2) is 22.0 Å². The number of hydrogen-bond donors (Lipinski definition) is 2. The van der Waals surface area contributed by atoms with E-state index in [0.29, 0.717) is 28.6 Å². The third-order valence-electron chi connectivity index (χ3n) is 2.69. The molecule has 0 aliphatic carbocycles. The van der Waals surface area contributed by atoms with E-state index in [4.69, 9.17) is 9.52 Å². The molecule has 0 radical (unpaired) electrons. The number of hydrogen-bond acceptors (Lipinski definition) is 4. The maximum absolute atomic E-state index is 12.1. The van der Waals surface area contributed by atoms with E-state index in [0.717, 1.165) is 6.08 Å². The van der Waals surface area contributed by atoms with Crippen molar-refractivity contribution < 1.29 is 19.1 Å². The Labute approximate surface area is 121 Å². The Hall–Kier alpha value is -2.89. The molecular formula is C15H14N2O4. The van der Waals surface area contributed by atoms with Gasteiger partial charge in [0.05, 0.1) is 11.3 Å². The van der Waals surface area contributed by atoms with E-state index >= 15 is 0 Å². The van der Waals surface area contributed by atoms with Crippen LogP contribution in [0.3, 0.4) is 0 Å². The maximum atomic E-state index is 12.1. The first-order chi connectivity index (χ1) is 9.95. The van der Waals surface area contributed by atoms with Gasteiger partial charge in [-0.2, -0.15) is 0 Å². The molecule has 0 saturated heterocycles. The molecule has 0 unspecified atom stereocenters. The van der Waals surface area contributed by atoms with Crippen LogP contribution in [-0.2, 0) is 4.79 Å². The molecule has 6 heteroatoms. The number of furan rings is 1. The molecule has 21 heavy (non-hydrogen) atoms. The Bertz CT molecular complexity index is 716. The predicted octanol–water partition coefficient (Wildman–Crippen LogP) is 2.64. The summed E-state index contributed by atoms with van der Waals surface area (Å²) in [6.45, 7) is 3.47. The second-order valence-corrected chi connectivity index (χ2v) is 4.40. The fourth-order valence-electron chi connectivity index (χ4n) is 1.81. The molecule has 2 heterocycles. The Morgan fingerprint density at radius 1 is 1.33 bits per heavy atom. The molecule has 0 atom stereocenters. The zero-order chi connectivity index (χ0) is 15.4. The summed E-state index contributed by atoms with van der Waals surface area (Å²) < 4.78 is 5.30. The van der Waals surface area contributed by atoms with Crippen molar-refractivity contribution in [2.75, 3.05) is 5.32 Å². The molecule has 0 fully saturated rings. The Kier molecular flexibility index (Phi) is 4.18. The lowest BCUT2D eigenvalue weighted by Crippen LogP contribution is -2.13. The van der Waals surface area contributed by atoms with Crippen molar-refractivity contribution in [3.05, 3.63) is 53.1 Å². The first-order valence-corrected chi connectivity index (χ1v) is 6.22. The van der Waals surface area contributed by atoms with Crippen molar-refractivity contribution in [1.29, 1.82) is 0 Å². The summed E-state index contributed by atoms with van der Waals surface area (Å²) >= 11 is 0. The highest BCUT2D eigenvalue weighted by atomic mass is 16.4. The van der Waals surface area contributed by atoms with Crippen LogP contribution in [0.25, 0.3) is 6.08 Å². The van der Waals surface area contributed by atoms with Crippen LogP contribution >= 0.6 is 0 Å². The highest BCUT2D eigenvalue weighted by molar-refractivity contribution is 6.04. The number of nitrogens with zero attached hydrogens (tertiary/aromatic N) is 1. The Morgan fingerprint density at radius 3 is 2.71 bits per heavy atom. The van der Waals surface area contributed by atoms with Gasteiger partial charge in [-0.3, -0.25) is 4.79 Å². The lowest BCUT2D eigenvalue weighted by Gasteiger charge is -2.04. The van der Waals surface area contributed by atoms with Crippen molar-refractivity contribution in [2.24, 2.45) is 0 Å². The molecule has 2 aromatic heterocycles.